The fourth-order valence-corrected chi connectivity index (χ4v) is 4.07. The highest BCUT2D eigenvalue weighted by Gasteiger charge is 2.30. The fourth-order valence-electron chi connectivity index (χ4n) is 2.92. The van der Waals surface area contributed by atoms with Gasteiger partial charge in [-0.25, -0.2) is 8.42 Å². The van der Waals surface area contributed by atoms with Gasteiger partial charge in [0.25, 0.3) is 0 Å². The summed E-state index contributed by atoms with van der Waals surface area (Å²) in [4.78, 5) is 27.6. The van der Waals surface area contributed by atoms with Crippen LogP contribution in [0.3, 0.4) is 0 Å². The van der Waals surface area contributed by atoms with Gasteiger partial charge in [-0.2, -0.15) is 0 Å². The van der Waals surface area contributed by atoms with E-state index in [1.165, 1.54) is 9.80 Å². The Morgan fingerprint density at radius 1 is 0.652 bits per heavy atom. The SMILES string of the molecule is CC(C)N(C(=O)CS(=O)(=O)CC(=O)N(C(C)C)C(C)C)C(C)C. The third-order valence-corrected chi connectivity index (χ3v) is 4.86. The van der Waals surface area contributed by atoms with Gasteiger partial charge in [-0.3, -0.25) is 9.59 Å². The van der Waals surface area contributed by atoms with Gasteiger partial charge in [0.15, 0.2) is 9.84 Å². The van der Waals surface area contributed by atoms with Crippen molar-refractivity contribution in [2.24, 2.45) is 0 Å². The van der Waals surface area contributed by atoms with Crippen LogP contribution in [0.25, 0.3) is 0 Å². The summed E-state index contributed by atoms with van der Waals surface area (Å²) in [7, 11) is -3.79. The van der Waals surface area contributed by atoms with Crippen molar-refractivity contribution >= 4 is 21.7 Å². The first-order chi connectivity index (χ1) is 10.3. The first kappa shape index (κ1) is 21.9. The molecule has 0 aromatic heterocycles. The topological polar surface area (TPSA) is 74.8 Å². The molecule has 0 aromatic carbocycles. The lowest BCUT2D eigenvalue weighted by Gasteiger charge is -2.32. The summed E-state index contributed by atoms with van der Waals surface area (Å²) in [5, 5.41) is 0. The number of amides is 2. The van der Waals surface area contributed by atoms with E-state index in [1.807, 2.05) is 55.4 Å². The van der Waals surface area contributed by atoms with Gasteiger partial charge in [0, 0.05) is 24.2 Å². The third kappa shape index (κ3) is 6.89. The monoisotopic (exact) mass is 348 g/mol. The summed E-state index contributed by atoms with van der Waals surface area (Å²) >= 11 is 0. The second kappa shape index (κ2) is 8.66. The molecular formula is C16H32N2O4S. The lowest BCUT2D eigenvalue weighted by Crippen LogP contribution is -2.48. The summed E-state index contributed by atoms with van der Waals surface area (Å²) in [5.41, 5.74) is 0. The minimum atomic E-state index is -3.79. The molecule has 7 heteroatoms. The second-order valence-corrected chi connectivity index (χ2v) is 9.07. The first-order valence-corrected chi connectivity index (χ1v) is 9.95. The molecule has 0 aliphatic carbocycles. The summed E-state index contributed by atoms with van der Waals surface area (Å²) in [6.45, 7) is 14.7. The number of carbonyl (C=O) groups excluding carboxylic acids is 2. The molecule has 0 radical (unpaired) electrons. The molecule has 0 aliphatic rings. The second-order valence-electron chi connectivity index (χ2n) is 7.01. The average Bonchev–Trinajstić information content (AvgIpc) is 2.23. The van der Waals surface area contributed by atoms with Gasteiger partial charge in [0.1, 0.15) is 11.5 Å². The van der Waals surface area contributed by atoms with Crippen molar-refractivity contribution in [1.82, 2.24) is 9.80 Å². The molecule has 0 unspecified atom stereocenters. The summed E-state index contributed by atoms with van der Waals surface area (Å²) < 4.78 is 24.5. The zero-order valence-corrected chi connectivity index (χ0v) is 16.5. The molecule has 136 valence electrons. The fraction of sp³-hybridized carbons (Fsp3) is 0.875. The number of sulfone groups is 1. The predicted octanol–water partition coefficient (Wildman–Crippen LogP) is 1.69. The van der Waals surface area contributed by atoms with Crippen molar-refractivity contribution < 1.29 is 18.0 Å². The number of hydrogen-bond donors (Lipinski definition) is 0. The smallest absolute Gasteiger partial charge is 0.238 e. The molecule has 0 heterocycles. The van der Waals surface area contributed by atoms with Crippen LogP contribution in [0.2, 0.25) is 0 Å². The van der Waals surface area contributed by atoms with Gasteiger partial charge in [-0.05, 0) is 55.4 Å². The molecule has 23 heavy (non-hydrogen) atoms. The molecule has 0 atom stereocenters. The van der Waals surface area contributed by atoms with Gasteiger partial charge in [-0.1, -0.05) is 0 Å². The maximum absolute atomic E-state index is 12.3. The zero-order valence-electron chi connectivity index (χ0n) is 15.7. The van der Waals surface area contributed by atoms with Crippen LogP contribution in [0, 0.1) is 0 Å². The van der Waals surface area contributed by atoms with Crippen molar-refractivity contribution in [3.8, 4) is 0 Å². The van der Waals surface area contributed by atoms with E-state index in [0.29, 0.717) is 0 Å². The van der Waals surface area contributed by atoms with Crippen LogP contribution in [0.4, 0.5) is 0 Å². The van der Waals surface area contributed by atoms with Crippen LogP contribution in [0.5, 0.6) is 0 Å². The van der Waals surface area contributed by atoms with Crippen LogP contribution in [-0.4, -0.2) is 65.7 Å². The molecule has 0 aromatic rings. The number of rotatable bonds is 8. The van der Waals surface area contributed by atoms with Crippen molar-refractivity contribution in [2.45, 2.75) is 79.6 Å². The van der Waals surface area contributed by atoms with E-state index in [9.17, 15) is 18.0 Å². The minimum absolute atomic E-state index is 0.0868. The summed E-state index contributed by atoms with van der Waals surface area (Å²) in [6, 6.07) is -0.347. The number of carbonyl (C=O) groups is 2. The normalized spacial score (nSPS) is 12.3. The molecule has 0 spiro atoms. The van der Waals surface area contributed by atoms with E-state index in [2.05, 4.69) is 0 Å². The van der Waals surface area contributed by atoms with Gasteiger partial charge in [-0.15, -0.1) is 0 Å². The average molecular weight is 349 g/mol. The Labute approximate surface area is 141 Å². The van der Waals surface area contributed by atoms with Gasteiger partial charge in [0.2, 0.25) is 11.8 Å². The highest BCUT2D eigenvalue weighted by molar-refractivity contribution is 7.92. The molecule has 0 fully saturated rings. The molecule has 0 bridgehead atoms. The maximum atomic E-state index is 12.3. The molecule has 0 saturated carbocycles. The molecular weight excluding hydrogens is 316 g/mol. The molecule has 0 N–H and O–H groups in total. The van der Waals surface area contributed by atoms with E-state index in [1.54, 1.807) is 0 Å². The van der Waals surface area contributed by atoms with Crippen molar-refractivity contribution in [1.29, 1.82) is 0 Å². The van der Waals surface area contributed by atoms with Crippen molar-refractivity contribution in [3.05, 3.63) is 0 Å². The number of hydrogen-bond acceptors (Lipinski definition) is 4. The molecule has 0 rings (SSSR count). The Balaban J connectivity index is 5.09. The number of nitrogens with zero attached hydrogens (tertiary/aromatic N) is 2. The third-order valence-electron chi connectivity index (χ3n) is 3.49. The minimum Gasteiger partial charge on any atom is -0.337 e. The molecule has 0 saturated heterocycles. The van der Waals surface area contributed by atoms with Crippen LogP contribution in [-0.2, 0) is 19.4 Å². The lowest BCUT2D eigenvalue weighted by atomic mass is 10.2. The Morgan fingerprint density at radius 2 is 0.870 bits per heavy atom. The van der Waals surface area contributed by atoms with Crippen molar-refractivity contribution in [3.63, 3.8) is 0 Å². The predicted molar refractivity (Wildman–Crippen MR) is 92.9 cm³/mol. The highest BCUT2D eigenvalue weighted by Crippen LogP contribution is 2.10. The standard InChI is InChI=1S/C16H32N2O4S/c1-11(2)17(12(3)4)15(19)9-23(21,22)10-16(20)18(13(5)6)14(7)8/h11-14H,9-10H2,1-8H3. The van der Waals surface area contributed by atoms with E-state index in [0.717, 1.165) is 0 Å². The largest absolute Gasteiger partial charge is 0.337 e. The first-order valence-electron chi connectivity index (χ1n) is 8.12. The quantitative estimate of drug-likeness (QED) is 0.669. The van der Waals surface area contributed by atoms with E-state index < -0.39 is 33.2 Å². The van der Waals surface area contributed by atoms with Crippen LogP contribution < -0.4 is 0 Å². The van der Waals surface area contributed by atoms with E-state index in [4.69, 9.17) is 0 Å². The Morgan fingerprint density at radius 3 is 1.04 bits per heavy atom. The summed E-state index contributed by atoms with van der Waals surface area (Å²) in [6.07, 6.45) is 0. The van der Waals surface area contributed by atoms with Gasteiger partial charge < -0.3 is 9.80 Å². The van der Waals surface area contributed by atoms with E-state index >= 15 is 0 Å². The summed E-state index contributed by atoms with van der Waals surface area (Å²) in [5.74, 6) is -2.16. The van der Waals surface area contributed by atoms with Crippen molar-refractivity contribution in [2.75, 3.05) is 11.5 Å². The Hall–Kier alpha value is -1.11. The maximum Gasteiger partial charge on any atom is 0.238 e. The van der Waals surface area contributed by atoms with Crippen LogP contribution in [0.1, 0.15) is 55.4 Å². The Bertz CT molecular complexity index is 454. The van der Waals surface area contributed by atoms with Crippen LogP contribution in [0.15, 0.2) is 0 Å². The molecule has 6 nitrogen and oxygen atoms in total. The van der Waals surface area contributed by atoms with Crippen LogP contribution >= 0.6 is 0 Å². The van der Waals surface area contributed by atoms with Gasteiger partial charge >= 0.3 is 0 Å². The Kier molecular flexibility index (Phi) is 8.24. The lowest BCUT2D eigenvalue weighted by molar-refractivity contribution is -0.132. The van der Waals surface area contributed by atoms with E-state index in [-0.39, 0.29) is 24.2 Å². The molecule has 0 aliphatic heterocycles. The molecule has 2 amide bonds. The zero-order chi connectivity index (χ0) is 18.5. The van der Waals surface area contributed by atoms with Gasteiger partial charge in [0.05, 0.1) is 0 Å². The highest BCUT2D eigenvalue weighted by atomic mass is 32.2.